The summed E-state index contributed by atoms with van der Waals surface area (Å²) in [7, 11) is 3.43. The van der Waals surface area contributed by atoms with Gasteiger partial charge in [0.1, 0.15) is 0 Å². The summed E-state index contributed by atoms with van der Waals surface area (Å²) in [5, 5.41) is 2.37. The first-order valence-electron chi connectivity index (χ1n) is 12.8. The molecule has 0 saturated carbocycles. The average molecular weight is 498 g/mol. The van der Waals surface area contributed by atoms with Gasteiger partial charge in [-0.1, -0.05) is 45.4 Å². The number of halogens is 1. The minimum absolute atomic E-state index is 0. The first kappa shape index (κ1) is 25.4. The topological polar surface area (TPSA) is 40.8 Å². The Labute approximate surface area is 214 Å². The van der Waals surface area contributed by atoms with Crippen molar-refractivity contribution in [2.75, 3.05) is 21.0 Å². The molecule has 0 spiro atoms. The zero-order valence-electron chi connectivity index (χ0n) is 21.1. The Morgan fingerprint density at radius 2 is 1.63 bits per heavy atom. The zero-order valence-corrected chi connectivity index (χ0v) is 21.9. The number of ether oxygens (including phenoxy) is 4. The number of benzene rings is 2. The predicted octanol–water partition coefficient (Wildman–Crippen LogP) is 3.39. The van der Waals surface area contributed by atoms with E-state index < -0.39 is 0 Å². The average Bonchev–Trinajstić information content (AvgIpc) is 3.32. The molecule has 188 valence electrons. The number of unbranched alkanes of at least 4 members (excludes halogenated alkanes) is 6. The molecule has 3 aromatic rings. The van der Waals surface area contributed by atoms with Crippen molar-refractivity contribution < 1.29 is 35.9 Å². The van der Waals surface area contributed by atoms with Crippen molar-refractivity contribution in [3.8, 4) is 34.3 Å². The van der Waals surface area contributed by atoms with Crippen molar-refractivity contribution in [3.63, 3.8) is 0 Å². The third kappa shape index (κ3) is 4.88. The minimum Gasteiger partial charge on any atom is -1.00 e. The van der Waals surface area contributed by atoms with Gasteiger partial charge in [0.2, 0.25) is 12.5 Å². The van der Waals surface area contributed by atoms with Crippen molar-refractivity contribution in [2.24, 2.45) is 0 Å². The standard InChI is InChI=1S/C29H36NO4.ClH/c1-4-5-6-7-8-9-10-11-22-21-12-13-25(31-2)29(32-3)24(21)18-30-15-14-20-16-26-27(34-19-33-26)17-23(20)28(22)30;/h12-13,16-18H,4-11,14-15,19H2,1-3H3;1H/q+1;/p-1. The maximum atomic E-state index is 5.83. The van der Waals surface area contributed by atoms with E-state index in [0.29, 0.717) is 6.79 Å². The fourth-order valence-electron chi connectivity index (χ4n) is 5.52. The number of fused-ring (bicyclic) bond motifs is 5. The molecule has 5 rings (SSSR count). The first-order valence-corrected chi connectivity index (χ1v) is 12.8. The van der Waals surface area contributed by atoms with Gasteiger partial charge >= 0.3 is 0 Å². The fourth-order valence-corrected chi connectivity index (χ4v) is 5.52. The van der Waals surface area contributed by atoms with Crippen molar-refractivity contribution in [3.05, 3.63) is 41.6 Å². The highest BCUT2D eigenvalue weighted by molar-refractivity contribution is 5.95. The second-order valence-corrected chi connectivity index (χ2v) is 9.40. The Bertz CT molecular complexity index is 1190. The molecule has 0 bridgehead atoms. The molecule has 1 aromatic heterocycles. The van der Waals surface area contributed by atoms with Crippen LogP contribution in [0.15, 0.2) is 30.5 Å². The Balaban J connectivity index is 0.00000289. The maximum Gasteiger partial charge on any atom is 0.231 e. The van der Waals surface area contributed by atoms with Gasteiger partial charge < -0.3 is 31.4 Å². The number of hydrogen-bond donors (Lipinski definition) is 0. The summed E-state index contributed by atoms with van der Waals surface area (Å²) in [5.41, 5.74) is 5.31. The summed E-state index contributed by atoms with van der Waals surface area (Å²) in [6.07, 6.45) is 13.4. The van der Waals surface area contributed by atoms with Crippen LogP contribution in [0.3, 0.4) is 0 Å². The van der Waals surface area contributed by atoms with Crippen LogP contribution in [0.4, 0.5) is 0 Å². The summed E-state index contributed by atoms with van der Waals surface area (Å²) in [5.74, 6) is 3.30. The number of aryl methyl sites for hydroxylation is 3. The van der Waals surface area contributed by atoms with Crippen LogP contribution in [0.2, 0.25) is 0 Å². The third-order valence-electron chi connectivity index (χ3n) is 7.27. The molecule has 2 aliphatic heterocycles. The highest BCUT2D eigenvalue weighted by Crippen LogP contribution is 2.43. The van der Waals surface area contributed by atoms with E-state index in [-0.39, 0.29) is 12.4 Å². The maximum absolute atomic E-state index is 5.83. The third-order valence-corrected chi connectivity index (χ3v) is 7.27. The number of aromatic nitrogens is 1. The second-order valence-electron chi connectivity index (χ2n) is 9.40. The number of rotatable bonds is 10. The fraction of sp³-hybridized carbons (Fsp3) is 0.483. The van der Waals surface area contributed by atoms with Gasteiger partial charge in [-0.15, -0.1) is 0 Å². The van der Waals surface area contributed by atoms with Crippen molar-refractivity contribution in [2.45, 2.75) is 71.3 Å². The van der Waals surface area contributed by atoms with Gasteiger partial charge in [-0.05, 0) is 42.7 Å². The van der Waals surface area contributed by atoms with Gasteiger partial charge in [-0.3, -0.25) is 0 Å². The normalized spacial score (nSPS) is 13.2. The Hall–Kier alpha value is -2.66. The molecule has 6 heteroatoms. The van der Waals surface area contributed by atoms with Crippen LogP contribution in [0.5, 0.6) is 23.0 Å². The highest BCUT2D eigenvalue weighted by atomic mass is 35.5. The van der Waals surface area contributed by atoms with Crippen molar-refractivity contribution in [1.29, 1.82) is 0 Å². The first-order chi connectivity index (χ1) is 16.7. The van der Waals surface area contributed by atoms with E-state index in [0.717, 1.165) is 47.8 Å². The summed E-state index contributed by atoms with van der Waals surface area (Å²) in [4.78, 5) is 0. The van der Waals surface area contributed by atoms with E-state index in [1.165, 1.54) is 72.7 Å². The zero-order chi connectivity index (χ0) is 23.5. The molecule has 0 amide bonds. The quantitative estimate of drug-likeness (QED) is 0.318. The van der Waals surface area contributed by atoms with Gasteiger partial charge in [0.15, 0.2) is 35.7 Å². The van der Waals surface area contributed by atoms with Gasteiger partial charge in [-0.25, -0.2) is 0 Å². The minimum atomic E-state index is 0. The number of methoxy groups -OCH3 is 2. The molecule has 0 N–H and O–H groups in total. The second kappa shape index (κ2) is 11.4. The Morgan fingerprint density at radius 1 is 0.886 bits per heavy atom. The van der Waals surface area contributed by atoms with Gasteiger partial charge in [-0.2, -0.15) is 4.57 Å². The van der Waals surface area contributed by atoms with E-state index >= 15 is 0 Å². The van der Waals surface area contributed by atoms with Crippen LogP contribution < -0.4 is 35.9 Å². The summed E-state index contributed by atoms with van der Waals surface area (Å²) < 4.78 is 25.3. The molecular formula is C29H36ClNO4. The summed E-state index contributed by atoms with van der Waals surface area (Å²) in [6.45, 7) is 3.51. The molecule has 0 atom stereocenters. The lowest BCUT2D eigenvalue weighted by molar-refractivity contribution is -0.686. The molecule has 0 fully saturated rings. The van der Waals surface area contributed by atoms with Crippen LogP contribution in [-0.2, 0) is 19.4 Å². The van der Waals surface area contributed by atoms with Gasteiger partial charge in [0.25, 0.3) is 0 Å². The highest BCUT2D eigenvalue weighted by Gasteiger charge is 2.32. The van der Waals surface area contributed by atoms with Crippen molar-refractivity contribution >= 4 is 10.8 Å². The lowest BCUT2D eigenvalue weighted by atomic mass is 9.89. The van der Waals surface area contributed by atoms with Gasteiger partial charge in [0, 0.05) is 17.4 Å². The molecule has 0 saturated heterocycles. The van der Waals surface area contributed by atoms with Crippen LogP contribution in [0.1, 0.15) is 63.0 Å². The lowest BCUT2D eigenvalue weighted by Crippen LogP contribution is -3.00. The number of pyridine rings is 1. The molecule has 0 radical (unpaired) electrons. The van der Waals surface area contributed by atoms with Crippen LogP contribution >= 0.6 is 0 Å². The van der Waals surface area contributed by atoms with Gasteiger partial charge in [0.05, 0.1) is 25.2 Å². The Kier molecular flexibility index (Phi) is 8.27. The molecule has 3 heterocycles. The molecule has 0 aliphatic carbocycles. The van der Waals surface area contributed by atoms with E-state index in [9.17, 15) is 0 Å². The van der Waals surface area contributed by atoms with Crippen LogP contribution in [0, 0.1) is 0 Å². The molecule has 2 aliphatic rings. The molecule has 5 nitrogen and oxygen atoms in total. The summed E-state index contributed by atoms with van der Waals surface area (Å²) in [6, 6.07) is 8.60. The molecule has 2 aromatic carbocycles. The van der Waals surface area contributed by atoms with Crippen molar-refractivity contribution in [1.82, 2.24) is 0 Å². The summed E-state index contributed by atoms with van der Waals surface area (Å²) >= 11 is 0. The van der Waals surface area contributed by atoms with Crippen LogP contribution in [0.25, 0.3) is 22.0 Å². The SMILES string of the molecule is CCCCCCCCCc1c2[n+](cc3c(OC)c(OC)ccc13)CCc1cc3c(cc1-2)OCO3.[Cl-]. The van der Waals surface area contributed by atoms with Crippen LogP contribution in [-0.4, -0.2) is 21.0 Å². The lowest BCUT2D eigenvalue weighted by Gasteiger charge is -2.21. The molecular weight excluding hydrogens is 462 g/mol. The van der Waals surface area contributed by atoms with E-state index in [2.05, 4.69) is 35.9 Å². The van der Waals surface area contributed by atoms with E-state index in [4.69, 9.17) is 18.9 Å². The van der Waals surface area contributed by atoms with E-state index in [1.807, 2.05) is 6.07 Å². The van der Waals surface area contributed by atoms with E-state index in [1.54, 1.807) is 14.2 Å². The molecule has 0 unspecified atom stereocenters. The largest absolute Gasteiger partial charge is 1.00 e. The predicted molar refractivity (Wildman–Crippen MR) is 134 cm³/mol. The smallest absolute Gasteiger partial charge is 0.231 e. The number of nitrogens with zero attached hydrogens (tertiary/aromatic N) is 1. The molecule has 35 heavy (non-hydrogen) atoms. The monoisotopic (exact) mass is 497 g/mol. The number of hydrogen-bond acceptors (Lipinski definition) is 4. The Morgan fingerprint density at radius 3 is 2.37 bits per heavy atom.